The van der Waals surface area contributed by atoms with Crippen molar-refractivity contribution in [2.45, 2.75) is 26.7 Å². The van der Waals surface area contributed by atoms with Gasteiger partial charge in [-0.15, -0.1) is 0 Å². The number of carbonyl (C=O) groups excluding carboxylic acids is 1. The van der Waals surface area contributed by atoms with Crippen LogP contribution in [0.1, 0.15) is 26.7 Å². The van der Waals surface area contributed by atoms with Crippen LogP contribution in [0, 0.1) is 0 Å². The van der Waals surface area contributed by atoms with E-state index in [4.69, 9.17) is 0 Å². The summed E-state index contributed by atoms with van der Waals surface area (Å²) in [7, 11) is -3.15. The van der Waals surface area contributed by atoms with E-state index in [0.29, 0.717) is 26.1 Å². The molecule has 90 valence electrons. The first-order valence-electron chi connectivity index (χ1n) is 5.13. The average Bonchev–Trinajstić information content (AvgIpc) is 2.14. The van der Waals surface area contributed by atoms with Crippen molar-refractivity contribution in [2.75, 3.05) is 25.9 Å². The predicted molar refractivity (Wildman–Crippen MR) is 60.0 cm³/mol. The summed E-state index contributed by atoms with van der Waals surface area (Å²) in [6, 6.07) is 0. The highest BCUT2D eigenvalue weighted by molar-refractivity contribution is 7.88. The van der Waals surface area contributed by atoms with Crippen LogP contribution in [-0.2, 0) is 14.8 Å². The zero-order valence-corrected chi connectivity index (χ0v) is 10.4. The molecule has 0 aromatic rings. The summed E-state index contributed by atoms with van der Waals surface area (Å²) in [5.41, 5.74) is 0. The molecule has 15 heavy (non-hydrogen) atoms. The van der Waals surface area contributed by atoms with Gasteiger partial charge in [-0.05, 0) is 6.42 Å². The highest BCUT2D eigenvalue weighted by atomic mass is 32.2. The van der Waals surface area contributed by atoms with Crippen LogP contribution in [0.4, 0.5) is 0 Å². The lowest BCUT2D eigenvalue weighted by molar-refractivity contribution is -0.120. The van der Waals surface area contributed by atoms with E-state index in [2.05, 4.69) is 5.32 Å². The number of carbonyl (C=O) groups is 1. The highest BCUT2D eigenvalue weighted by Crippen LogP contribution is 1.98. The second-order valence-corrected chi connectivity index (χ2v) is 5.35. The molecule has 0 saturated carbocycles. The molecular weight excluding hydrogens is 216 g/mol. The second-order valence-electron chi connectivity index (χ2n) is 3.37. The van der Waals surface area contributed by atoms with Crippen molar-refractivity contribution in [1.82, 2.24) is 9.62 Å². The van der Waals surface area contributed by atoms with Gasteiger partial charge in [0.2, 0.25) is 15.9 Å². The minimum atomic E-state index is -3.15. The number of nitrogens with one attached hydrogen (secondary N) is 1. The van der Waals surface area contributed by atoms with Crippen LogP contribution in [-0.4, -0.2) is 44.5 Å². The second kappa shape index (κ2) is 6.79. The summed E-state index contributed by atoms with van der Waals surface area (Å²) >= 11 is 0. The molecule has 0 fully saturated rings. The third-order valence-corrected chi connectivity index (χ3v) is 3.25. The molecule has 0 aliphatic carbocycles. The number of nitrogens with zero attached hydrogens (tertiary/aromatic N) is 1. The molecule has 0 heterocycles. The van der Waals surface area contributed by atoms with Gasteiger partial charge >= 0.3 is 0 Å². The lowest BCUT2D eigenvalue weighted by Crippen LogP contribution is -2.38. The monoisotopic (exact) mass is 236 g/mol. The van der Waals surface area contributed by atoms with E-state index < -0.39 is 10.0 Å². The smallest absolute Gasteiger partial charge is 0.219 e. The molecule has 1 amide bonds. The number of rotatable bonds is 7. The maximum absolute atomic E-state index is 11.3. The molecule has 1 N–H and O–H groups in total. The van der Waals surface area contributed by atoms with Gasteiger partial charge < -0.3 is 5.32 Å². The molecule has 0 atom stereocenters. The third kappa shape index (κ3) is 6.46. The van der Waals surface area contributed by atoms with E-state index in [1.54, 1.807) is 6.92 Å². The molecule has 5 nitrogen and oxygen atoms in total. The Morgan fingerprint density at radius 3 is 2.27 bits per heavy atom. The molecule has 0 spiro atoms. The van der Waals surface area contributed by atoms with Crippen LogP contribution in [0.5, 0.6) is 0 Å². The number of sulfonamides is 1. The fraction of sp³-hybridized carbons (Fsp3) is 0.889. The summed E-state index contributed by atoms with van der Waals surface area (Å²) in [5.74, 6) is -0.0556. The molecule has 0 bridgehead atoms. The van der Waals surface area contributed by atoms with Crippen LogP contribution in [0.15, 0.2) is 0 Å². The van der Waals surface area contributed by atoms with Crippen LogP contribution in [0.3, 0.4) is 0 Å². The Labute approximate surface area is 91.9 Å². The largest absolute Gasteiger partial charge is 0.355 e. The SMILES string of the molecule is CCCN(CCNC(=O)CC)S(C)(=O)=O. The van der Waals surface area contributed by atoms with Crippen LogP contribution < -0.4 is 5.32 Å². The highest BCUT2D eigenvalue weighted by Gasteiger charge is 2.14. The molecular formula is C9H20N2O3S. The standard InChI is InChI=1S/C9H20N2O3S/c1-4-7-11(15(3,13)14)8-6-10-9(12)5-2/h4-8H2,1-3H3,(H,10,12). The quantitative estimate of drug-likeness (QED) is 0.686. The zero-order chi connectivity index (χ0) is 11.9. The topological polar surface area (TPSA) is 66.5 Å². The Morgan fingerprint density at radius 2 is 1.87 bits per heavy atom. The molecule has 0 aromatic carbocycles. The first kappa shape index (κ1) is 14.4. The Morgan fingerprint density at radius 1 is 1.27 bits per heavy atom. The first-order valence-corrected chi connectivity index (χ1v) is 6.98. The Bertz CT molecular complexity index is 288. The van der Waals surface area contributed by atoms with Crippen molar-refractivity contribution in [2.24, 2.45) is 0 Å². The number of hydrogen-bond acceptors (Lipinski definition) is 3. The molecule has 0 unspecified atom stereocenters. The van der Waals surface area contributed by atoms with E-state index in [9.17, 15) is 13.2 Å². The molecule has 0 aliphatic rings. The predicted octanol–water partition coefficient (Wildman–Crippen LogP) is 0.184. The van der Waals surface area contributed by atoms with Gasteiger partial charge in [-0.1, -0.05) is 13.8 Å². The van der Waals surface area contributed by atoms with Gasteiger partial charge in [0.25, 0.3) is 0 Å². The van der Waals surface area contributed by atoms with Crippen LogP contribution in [0.2, 0.25) is 0 Å². The van der Waals surface area contributed by atoms with Crippen molar-refractivity contribution in [3.8, 4) is 0 Å². The van der Waals surface area contributed by atoms with Crippen molar-refractivity contribution in [3.05, 3.63) is 0 Å². The summed E-state index contributed by atoms with van der Waals surface area (Å²) in [6.07, 6.45) is 2.38. The van der Waals surface area contributed by atoms with Crippen molar-refractivity contribution < 1.29 is 13.2 Å². The summed E-state index contributed by atoms with van der Waals surface area (Å²) in [6.45, 7) is 4.90. The number of hydrogen-bond donors (Lipinski definition) is 1. The number of amides is 1. The van der Waals surface area contributed by atoms with Gasteiger partial charge in [0.15, 0.2) is 0 Å². The molecule has 0 aliphatic heterocycles. The molecule has 6 heteroatoms. The van der Waals surface area contributed by atoms with Crippen LogP contribution >= 0.6 is 0 Å². The summed E-state index contributed by atoms with van der Waals surface area (Å²) in [5, 5.41) is 2.65. The van der Waals surface area contributed by atoms with Gasteiger partial charge in [0.1, 0.15) is 0 Å². The van der Waals surface area contributed by atoms with E-state index in [1.165, 1.54) is 10.6 Å². The van der Waals surface area contributed by atoms with E-state index in [1.807, 2.05) is 6.92 Å². The molecule has 0 aromatic heterocycles. The zero-order valence-electron chi connectivity index (χ0n) is 9.62. The Hall–Kier alpha value is -0.620. The van der Waals surface area contributed by atoms with Gasteiger partial charge in [0, 0.05) is 26.1 Å². The van der Waals surface area contributed by atoms with Crippen molar-refractivity contribution in [3.63, 3.8) is 0 Å². The molecule has 0 rings (SSSR count). The summed E-state index contributed by atoms with van der Waals surface area (Å²) in [4.78, 5) is 10.9. The van der Waals surface area contributed by atoms with E-state index >= 15 is 0 Å². The van der Waals surface area contributed by atoms with Gasteiger partial charge in [-0.2, -0.15) is 0 Å². The van der Waals surface area contributed by atoms with Gasteiger partial charge in [-0.25, -0.2) is 12.7 Å². The van der Waals surface area contributed by atoms with Crippen molar-refractivity contribution >= 4 is 15.9 Å². The fourth-order valence-corrected chi connectivity index (χ4v) is 2.08. The third-order valence-electron chi connectivity index (χ3n) is 1.95. The minimum Gasteiger partial charge on any atom is -0.355 e. The van der Waals surface area contributed by atoms with Gasteiger partial charge in [0.05, 0.1) is 6.26 Å². The maximum atomic E-state index is 11.3. The van der Waals surface area contributed by atoms with E-state index in [-0.39, 0.29) is 5.91 Å². The van der Waals surface area contributed by atoms with Crippen LogP contribution in [0.25, 0.3) is 0 Å². The van der Waals surface area contributed by atoms with Gasteiger partial charge in [-0.3, -0.25) is 4.79 Å². The van der Waals surface area contributed by atoms with E-state index in [0.717, 1.165) is 6.42 Å². The molecule has 0 saturated heterocycles. The van der Waals surface area contributed by atoms with Crippen molar-refractivity contribution in [1.29, 1.82) is 0 Å². The first-order chi connectivity index (χ1) is 6.91. The average molecular weight is 236 g/mol. The Balaban J connectivity index is 4.03. The molecule has 0 radical (unpaired) electrons. The summed E-state index contributed by atoms with van der Waals surface area (Å²) < 4.78 is 23.9. The normalized spacial score (nSPS) is 11.7. The minimum absolute atomic E-state index is 0.0556. The fourth-order valence-electron chi connectivity index (χ4n) is 1.14. The Kier molecular flexibility index (Phi) is 6.51. The maximum Gasteiger partial charge on any atom is 0.219 e. The lowest BCUT2D eigenvalue weighted by Gasteiger charge is -2.19. The lowest BCUT2D eigenvalue weighted by atomic mass is 10.4.